The summed E-state index contributed by atoms with van der Waals surface area (Å²) in [5, 5.41) is 1.73. The third kappa shape index (κ3) is 4.31. The third-order valence-electron chi connectivity index (χ3n) is 2.88. The SMILES string of the molecule is COc1c(Cl)cc(Cl)c(OC)c1C(=O)NN(C(N)=S)C(C)(C)C. The van der Waals surface area contributed by atoms with E-state index in [0.29, 0.717) is 0 Å². The summed E-state index contributed by atoms with van der Waals surface area (Å²) in [5.74, 6) is -0.282. The quantitative estimate of drug-likeness (QED) is 0.620. The van der Waals surface area contributed by atoms with E-state index in [1.54, 1.807) is 0 Å². The predicted molar refractivity (Wildman–Crippen MR) is 95.4 cm³/mol. The molecule has 0 spiro atoms. The molecule has 0 radical (unpaired) electrons. The van der Waals surface area contributed by atoms with Crippen LogP contribution in [0.3, 0.4) is 0 Å². The lowest BCUT2D eigenvalue weighted by atomic mass is 10.1. The molecule has 23 heavy (non-hydrogen) atoms. The molecule has 0 fully saturated rings. The molecule has 1 amide bonds. The second-order valence-electron chi connectivity index (χ2n) is 5.57. The van der Waals surface area contributed by atoms with Crippen molar-refractivity contribution in [2.75, 3.05) is 14.2 Å². The summed E-state index contributed by atoms with van der Waals surface area (Å²) < 4.78 is 10.4. The third-order valence-corrected chi connectivity index (χ3v) is 3.63. The Hall–Kier alpha value is -1.44. The Morgan fingerprint density at radius 2 is 1.65 bits per heavy atom. The molecule has 0 heterocycles. The van der Waals surface area contributed by atoms with Gasteiger partial charge in [0.2, 0.25) is 0 Å². The van der Waals surface area contributed by atoms with E-state index in [1.807, 2.05) is 20.8 Å². The van der Waals surface area contributed by atoms with Crippen LogP contribution in [0.2, 0.25) is 10.0 Å². The molecule has 0 aromatic heterocycles. The number of nitrogens with two attached hydrogens (primary N) is 1. The van der Waals surface area contributed by atoms with Gasteiger partial charge in [0.15, 0.2) is 16.6 Å². The fourth-order valence-corrected chi connectivity index (χ4v) is 2.84. The van der Waals surface area contributed by atoms with Gasteiger partial charge in [-0.05, 0) is 39.1 Å². The summed E-state index contributed by atoms with van der Waals surface area (Å²) in [6.45, 7) is 5.52. The topological polar surface area (TPSA) is 76.8 Å². The van der Waals surface area contributed by atoms with Crippen molar-refractivity contribution in [3.63, 3.8) is 0 Å². The van der Waals surface area contributed by atoms with Crippen LogP contribution in [0.4, 0.5) is 0 Å². The molecule has 6 nitrogen and oxygen atoms in total. The molecule has 1 rings (SSSR count). The van der Waals surface area contributed by atoms with E-state index in [2.05, 4.69) is 5.43 Å². The van der Waals surface area contributed by atoms with Crippen LogP contribution >= 0.6 is 35.4 Å². The van der Waals surface area contributed by atoms with E-state index in [-0.39, 0.29) is 32.2 Å². The summed E-state index contributed by atoms with van der Waals surface area (Å²) in [7, 11) is 2.78. The Kier molecular flexibility index (Phi) is 6.33. The highest BCUT2D eigenvalue weighted by Crippen LogP contribution is 2.41. The van der Waals surface area contributed by atoms with Gasteiger partial charge in [0.1, 0.15) is 5.56 Å². The lowest BCUT2D eigenvalue weighted by Crippen LogP contribution is -2.57. The summed E-state index contributed by atoms with van der Waals surface area (Å²) in [6, 6.07) is 1.44. The highest BCUT2D eigenvalue weighted by atomic mass is 35.5. The number of nitrogens with zero attached hydrogens (tertiary/aromatic N) is 1. The first-order chi connectivity index (χ1) is 10.5. The number of carbonyl (C=O) groups excluding carboxylic acids is 1. The Morgan fingerprint density at radius 3 is 1.96 bits per heavy atom. The van der Waals surface area contributed by atoms with E-state index >= 15 is 0 Å². The van der Waals surface area contributed by atoms with Crippen molar-refractivity contribution in [2.45, 2.75) is 26.3 Å². The van der Waals surface area contributed by atoms with Crippen LogP contribution in [0.15, 0.2) is 6.07 Å². The van der Waals surface area contributed by atoms with Gasteiger partial charge in [0.25, 0.3) is 5.91 Å². The molecule has 1 aromatic rings. The van der Waals surface area contributed by atoms with E-state index in [1.165, 1.54) is 25.3 Å². The Morgan fingerprint density at radius 1 is 1.22 bits per heavy atom. The summed E-state index contributed by atoms with van der Waals surface area (Å²) >= 11 is 17.2. The van der Waals surface area contributed by atoms with Crippen molar-refractivity contribution in [1.82, 2.24) is 10.4 Å². The molecule has 0 atom stereocenters. The summed E-state index contributed by atoms with van der Waals surface area (Å²) in [5.41, 5.74) is 7.82. The number of hydrazine groups is 1. The number of hydrogen-bond donors (Lipinski definition) is 2. The minimum Gasteiger partial charge on any atom is -0.494 e. The smallest absolute Gasteiger partial charge is 0.277 e. The first-order valence-corrected chi connectivity index (χ1v) is 7.71. The Bertz CT molecular complexity index is 604. The number of ether oxygens (including phenoxy) is 2. The molecule has 0 aliphatic rings. The zero-order valence-electron chi connectivity index (χ0n) is 13.5. The number of thiocarbonyl (C=S) groups is 1. The van der Waals surface area contributed by atoms with Gasteiger partial charge in [-0.1, -0.05) is 23.2 Å². The van der Waals surface area contributed by atoms with Crippen molar-refractivity contribution in [2.24, 2.45) is 5.73 Å². The second-order valence-corrected chi connectivity index (χ2v) is 6.80. The largest absolute Gasteiger partial charge is 0.494 e. The number of nitrogens with one attached hydrogen (secondary N) is 1. The number of carbonyl (C=O) groups is 1. The Labute approximate surface area is 150 Å². The molecule has 0 aliphatic carbocycles. The van der Waals surface area contributed by atoms with Crippen LogP contribution in [-0.4, -0.2) is 35.8 Å². The number of halogens is 2. The van der Waals surface area contributed by atoms with Gasteiger partial charge >= 0.3 is 0 Å². The van der Waals surface area contributed by atoms with Crippen molar-refractivity contribution in [3.05, 3.63) is 21.7 Å². The van der Waals surface area contributed by atoms with Crippen LogP contribution in [0, 0.1) is 0 Å². The highest BCUT2D eigenvalue weighted by Gasteiger charge is 2.29. The summed E-state index contributed by atoms with van der Waals surface area (Å²) in [4.78, 5) is 12.7. The molecule has 0 unspecified atom stereocenters. The van der Waals surface area contributed by atoms with Crippen molar-refractivity contribution >= 4 is 46.4 Å². The first kappa shape index (κ1) is 19.6. The van der Waals surface area contributed by atoms with Crippen LogP contribution in [0.1, 0.15) is 31.1 Å². The average molecular weight is 380 g/mol. The number of hydrogen-bond acceptors (Lipinski definition) is 4. The van der Waals surface area contributed by atoms with Gasteiger partial charge in [-0.25, -0.2) is 0 Å². The standard InChI is InChI=1S/C14H19Cl2N3O3S/c1-14(2,3)19(13(17)23)18-12(20)9-10(21-4)7(15)6-8(16)11(9)22-5/h6H,1-5H3,(H2,17,23)(H,18,20). The number of rotatable bonds is 3. The van der Waals surface area contributed by atoms with Crippen LogP contribution in [0.5, 0.6) is 11.5 Å². The molecule has 0 aliphatic heterocycles. The molecule has 128 valence electrons. The lowest BCUT2D eigenvalue weighted by molar-refractivity contribution is 0.0770. The predicted octanol–water partition coefficient (Wildman–Crippen LogP) is 3.00. The van der Waals surface area contributed by atoms with Crippen LogP contribution in [0.25, 0.3) is 0 Å². The highest BCUT2D eigenvalue weighted by molar-refractivity contribution is 7.80. The molecular formula is C14H19Cl2N3O3S. The monoisotopic (exact) mass is 379 g/mol. The zero-order valence-corrected chi connectivity index (χ0v) is 15.8. The van der Waals surface area contributed by atoms with Gasteiger partial charge in [0, 0.05) is 0 Å². The zero-order chi connectivity index (χ0) is 17.9. The minimum absolute atomic E-state index is 0.0110. The van der Waals surface area contributed by atoms with Crippen molar-refractivity contribution in [3.8, 4) is 11.5 Å². The van der Waals surface area contributed by atoms with Crippen LogP contribution < -0.4 is 20.6 Å². The van der Waals surface area contributed by atoms with E-state index in [4.69, 9.17) is 50.6 Å². The maximum Gasteiger partial charge on any atom is 0.277 e. The van der Waals surface area contributed by atoms with Crippen molar-refractivity contribution < 1.29 is 14.3 Å². The average Bonchev–Trinajstić information content (AvgIpc) is 2.42. The fraction of sp³-hybridized carbons (Fsp3) is 0.429. The van der Waals surface area contributed by atoms with Gasteiger partial charge in [-0.3, -0.25) is 15.2 Å². The van der Waals surface area contributed by atoms with Gasteiger partial charge in [-0.2, -0.15) is 0 Å². The fourth-order valence-electron chi connectivity index (χ4n) is 1.90. The minimum atomic E-state index is -0.564. The normalized spacial score (nSPS) is 10.9. The molecule has 0 saturated heterocycles. The lowest BCUT2D eigenvalue weighted by Gasteiger charge is -2.36. The molecule has 0 saturated carbocycles. The van der Waals surface area contributed by atoms with Crippen molar-refractivity contribution in [1.29, 1.82) is 0 Å². The number of amides is 1. The van der Waals surface area contributed by atoms with Gasteiger partial charge in [-0.15, -0.1) is 0 Å². The molecule has 9 heteroatoms. The molecular weight excluding hydrogens is 361 g/mol. The number of benzene rings is 1. The maximum absolute atomic E-state index is 12.7. The van der Waals surface area contributed by atoms with Crippen LogP contribution in [-0.2, 0) is 0 Å². The number of methoxy groups -OCH3 is 2. The maximum atomic E-state index is 12.7. The van der Waals surface area contributed by atoms with Gasteiger partial charge < -0.3 is 15.2 Å². The molecule has 1 aromatic carbocycles. The van der Waals surface area contributed by atoms with E-state index in [9.17, 15) is 4.79 Å². The molecule has 0 bridgehead atoms. The Balaban J connectivity index is 3.40. The second kappa shape index (κ2) is 7.42. The first-order valence-electron chi connectivity index (χ1n) is 6.55. The van der Waals surface area contributed by atoms with E-state index < -0.39 is 11.4 Å². The molecule has 3 N–H and O–H groups in total. The van der Waals surface area contributed by atoms with Gasteiger partial charge in [0.05, 0.1) is 29.8 Å². The summed E-state index contributed by atoms with van der Waals surface area (Å²) in [6.07, 6.45) is 0. The van der Waals surface area contributed by atoms with E-state index in [0.717, 1.165) is 0 Å².